The molecule has 0 atom stereocenters. The van der Waals surface area contributed by atoms with Crippen LogP contribution in [0.15, 0.2) is 72.8 Å². The fourth-order valence-electron chi connectivity index (χ4n) is 4.86. The summed E-state index contributed by atoms with van der Waals surface area (Å²) in [4.78, 5) is 28.6. The van der Waals surface area contributed by atoms with E-state index in [4.69, 9.17) is 14.2 Å². The Bertz CT molecular complexity index is 1170. The first-order valence-electron chi connectivity index (χ1n) is 12.8. The van der Waals surface area contributed by atoms with Gasteiger partial charge >= 0.3 is 5.97 Å². The second-order valence-electron chi connectivity index (χ2n) is 9.55. The van der Waals surface area contributed by atoms with Crippen molar-refractivity contribution in [2.45, 2.75) is 38.8 Å². The number of rotatable bonds is 11. The van der Waals surface area contributed by atoms with Crippen LogP contribution in [-0.4, -0.2) is 44.0 Å². The van der Waals surface area contributed by atoms with E-state index in [1.807, 2.05) is 36.4 Å². The highest BCUT2D eigenvalue weighted by Crippen LogP contribution is 2.32. The van der Waals surface area contributed by atoms with Crippen molar-refractivity contribution in [2.75, 3.05) is 27.3 Å². The Morgan fingerprint density at radius 2 is 1.43 bits per heavy atom. The number of esters is 1. The van der Waals surface area contributed by atoms with E-state index in [9.17, 15) is 9.59 Å². The Labute approximate surface area is 219 Å². The number of benzene rings is 3. The zero-order valence-electron chi connectivity index (χ0n) is 21.7. The van der Waals surface area contributed by atoms with Crippen LogP contribution in [0, 0.1) is 5.92 Å². The van der Waals surface area contributed by atoms with Crippen LogP contribution >= 0.6 is 0 Å². The lowest BCUT2D eigenvalue weighted by atomic mass is 9.89. The molecular formula is C31H35NO5. The van der Waals surface area contributed by atoms with Gasteiger partial charge in [-0.05, 0) is 60.7 Å². The number of hydrogen-bond donors (Lipinski definition) is 0. The highest BCUT2D eigenvalue weighted by atomic mass is 16.5. The molecule has 0 radical (unpaired) electrons. The molecule has 194 valence electrons. The third kappa shape index (κ3) is 7.43. The normalized spacial score (nSPS) is 14.2. The maximum Gasteiger partial charge on any atom is 0.338 e. The molecule has 0 aromatic heterocycles. The van der Waals surface area contributed by atoms with Crippen LogP contribution in [0.25, 0.3) is 0 Å². The number of nitrogens with zero attached hydrogens (tertiary/aromatic N) is 1. The number of ketones is 1. The zero-order chi connectivity index (χ0) is 26.0. The van der Waals surface area contributed by atoms with E-state index < -0.39 is 5.97 Å². The van der Waals surface area contributed by atoms with Gasteiger partial charge in [-0.2, -0.15) is 0 Å². The van der Waals surface area contributed by atoms with Gasteiger partial charge in [0.2, 0.25) is 0 Å². The van der Waals surface area contributed by atoms with E-state index in [1.54, 1.807) is 19.2 Å². The Morgan fingerprint density at radius 1 is 0.838 bits per heavy atom. The number of carbonyl (C=O) groups excluding carboxylic acids is 2. The van der Waals surface area contributed by atoms with Crippen molar-refractivity contribution in [3.63, 3.8) is 0 Å². The topological polar surface area (TPSA) is 65.1 Å². The lowest BCUT2D eigenvalue weighted by molar-refractivity contribution is -0.119. The second kappa shape index (κ2) is 13.1. The highest BCUT2D eigenvalue weighted by molar-refractivity contribution is 5.94. The third-order valence-corrected chi connectivity index (χ3v) is 6.90. The molecule has 1 saturated heterocycles. The van der Waals surface area contributed by atoms with Gasteiger partial charge in [-0.25, -0.2) is 4.79 Å². The Morgan fingerprint density at radius 3 is 2.05 bits per heavy atom. The summed E-state index contributed by atoms with van der Waals surface area (Å²) in [5.41, 5.74) is 3.14. The molecule has 0 amide bonds. The van der Waals surface area contributed by atoms with Gasteiger partial charge in [0.1, 0.15) is 12.4 Å². The second-order valence-corrected chi connectivity index (χ2v) is 9.55. The van der Waals surface area contributed by atoms with Crippen LogP contribution in [0.1, 0.15) is 46.3 Å². The minimum atomic E-state index is -0.484. The first kappa shape index (κ1) is 26.4. The van der Waals surface area contributed by atoms with Gasteiger partial charge in [-0.15, -0.1) is 0 Å². The van der Waals surface area contributed by atoms with Crippen molar-refractivity contribution in [1.82, 2.24) is 4.90 Å². The van der Waals surface area contributed by atoms with Crippen LogP contribution in [0.2, 0.25) is 0 Å². The Balaban J connectivity index is 1.38. The lowest BCUT2D eigenvalue weighted by Gasteiger charge is -2.31. The summed E-state index contributed by atoms with van der Waals surface area (Å²) in [5.74, 6) is 0.899. The molecule has 37 heavy (non-hydrogen) atoms. The van der Waals surface area contributed by atoms with Gasteiger partial charge in [-0.3, -0.25) is 9.69 Å². The van der Waals surface area contributed by atoms with Crippen molar-refractivity contribution in [3.05, 3.63) is 95.1 Å². The molecule has 0 N–H and O–H groups in total. The first-order valence-corrected chi connectivity index (χ1v) is 12.8. The molecule has 0 saturated carbocycles. The van der Waals surface area contributed by atoms with E-state index >= 15 is 0 Å². The summed E-state index contributed by atoms with van der Waals surface area (Å²) in [6.07, 6.45) is 2.65. The minimum Gasteiger partial charge on any atom is -0.493 e. The Hall–Kier alpha value is -3.64. The standard InChI is InChI=1S/C31H35NO5/c1-35-29-19-26(28(20-30(29)36-2)31(34)37-22-25-11-7-4-8-12-25)18-27(33)17-23-13-15-32(16-14-23)21-24-9-5-3-6-10-24/h3-12,19-20,23H,13-18,21-22H2,1-2H3. The summed E-state index contributed by atoms with van der Waals surface area (Å²) in [5, 5.41) is 0. The molecule has 0 aliphatic carbocycles. The van der Waals surface area contributed by atoms with Crippen LogP contribution in [0.4, 0.5) is 0 Å². The van der Waals surface area contributed by atoms with Gasteiger partial charge in [0.15, 0.2) is 11.5 Å². The molecule has 1 aliphatic heterocycles. The molecule has 3 aromatic carbocycles. The maximum atomic E-state index is 13.1. The zero-order valence-corrected chi connectivity index (χ0v) is 21.7. The number of methoxy groups -OCH3 is 2. The highest BCUT2D eigenvalue weighted by Gasteiger charge is 2.24. The first-order chi connectivity index (χ1) is 18.1. The average Bonchev–Trinajstić information content (AvgIpc) is 2.93. The summed E-state index contributed by atoms with van der Waals surface area (Å²) in [7, 11) is 3.06. The van der Waals surface area contributed by atoms with Crippen LogP contribution in [-0.2, 0) is 29.1 Å². The fourth-order valence-corrected chi connectivity index (χ4v) is 4.86. The van der Waals surface area contributed by atoms with Crippen LogP contribution in [0.3, 0.4) is 0 Å². The summed E-state index contributed by atoms with van der Waals surface area (Å²) < 4.78 is 16.4. The predicted octanol–water partition coefficient (Wildman–Crippen LogP) is 5.47. The molecule has 1 heterocycles. The van der Waals surface area contributed by atoms with Gasteiger partial charge in [0.05, 0.1) is 19.8 Å². The molecule has 6 nitrogen and oxygen atoms in total. The fraction of sp³-hybridized carbons (Fsp3) is 0.355. The van der Waals surface area contributed by atoms with Gasteiger partial charge in [-0.1, -0.05) is 60.7 Å². The number of carbonyl (C=O) groups is 2. The smallest absolute Gasteiger partial charge is 0.338 e. The number of hydrogen-bond acceptors (Lipinski definition) is 6. The molecule has 0 unspecified atom stereocenters. The summed E-state index contributed by atoms with van der Waals surface area (Å²) in [6.45, 7) is 3.07. The van der Waals surface area contributed by atoms with Crippen molar-refractivity contribution in [3.8, 4) is 11.5 Å². The summed E-state index contributed by atoms with van der Waals surface area (Å²) in [6, 6.07) is 23.3. The number of piperidine rings is 1. The largest absolute Gasteiger partial charge is 0.493 e. The quantitative estimate of drug-likeness (QED) is 0.325. The van der Waals surface area contributed by atoms with Crippen molar-refractivity contribution in [2.24, 2.45) is 5.92 Å². The molecule has 1 fully saturated rings. The molecule has 4 rings (SSSR count). The van der Waals surface area contributed by atoms with Gasteiger partial charge in [0, 0.05) is 19.4 Å². The maximum absolute atomic E-state index is 13.1. The van der Waals surface area contributed by atoms with E-state index in [1.165, 1.54) is 12.7 Å². The van der Waals surface area contributed by atoms with Crippen LogP contribution < -0.4 is 9.47 Å². The molecule has 6 heteroatoms. The van der Waals surface area contributed by atoms with Gasteiger partial charge in [0.25, 0.3) is 0 Å². The van der Waals surface area contributed by atoms with E-state index in [-0.39, 0.29) is 18.8 Å². The summed E-state index contributed by atoms with van der Waals surface area (Å²) >= 11 is 0. The SMILES string of the molecule is COc1cc(CC(=O)CC2CCN(Cc3ccccc3)CC2)c(C(=O)OCc2ccccc2)cc1OC. The van der Waals surface area contributed by atoms with E-state index in [0.717, 1.165) is 38.0 Å². The van der Waals surface area contributed by atoms with Crippen LogP contribution in [0.5, 0.6) is 11.5 Å². The van der Waals surface area contributed by atoms with E-state index in [0.29, 0.717) is 35.0 Å². The number of Topliss-reactive ketones (excluding diaryl/α,β-unsaturated/α-hetero) is 1. The number of likely N-dealkylation sites (tertiary alicyclic amines) is 1. The predicted molar refractivity (Wildman–Crippen MR) is 143 cm³/mol. The van der Waals surface area contributed by atoms with E-state index in [2.05, 4.69) is 29.2 Å². The van der Waals surface area contributed by atoms with Crippen molar-refractivity contribution >= 4 is 11.8 Å². The number of ether oxygens (including phenoxy) is 3. The monoisotopic (exact) mass is 501 g/mol. The Kier molecular flexibility index (Phi) is 9.33. The van der Waals surface area contributed by atoms with Crippen molar-refractivity contribution < 1.29 is 23.8 Å². The van der Waals surface area contributed by atoms with Crippen molar-refractivity contribution in [1.29, 1.82) is 0 Å². The molecule has 0 spiro atoms. The molecule has 3 aromatic rings. The van der Waals surface area contributed by atoms with Gasteiger partial charge < -0.3 is 14.2 Å². The average molecular weight is 502 g/mol. The lowest BCUT2D eigenvalue weighted by Crippen LogP contribution is -2.34. The molecule has 0 bridgehead atoms. The third-order valence-electron chi connectivity index (χ3n) is 6.90. The molecule has 1 aliphatic rings. The molecular weight excluding hydrogens is 466 g/mol. The minimum absolute atomic E-state index is 0.117.